The van der Waals surface area contributed by atoms with Gasteiger partial charge in [0.2, 0.25) is 5.91 Å². The van der Waals surface area contributed by atoms with Crippen molar-refractivity contribution in [2.75, 3.05) is 12.4 Å². The summed E-state index contributed by atoms with van der Waals surface area (Å²) in [5, 5.41) is 2.82. The standard InChI is InChI=1S/C20H19NO3/c1-14-15(13-16-7-3-5-9-18(16)24-14)11-12-20(22)21-17-8-4-6-10-19(17)23-2/h3-14H,1-2H3,(H,21,22). The maximum atomic E-state index is 12.2. The Bertz CT molecular complexity index is 808. The molecule has 4 nitrogen and oxygen atoms in total. The van der Waals surface area contributed by atoms with Crippen molar-refractivity contribution in [2.24, 2.45) is 0 Å². The minimum absolute atomic E-state index is 0.102. The van der Waals surface area contributed by atoms with Gasteiger partial charge in [-0.25, -0.2) is 0 Å². The molecule has 0 radical (unpaired) electrons. The zero-order valence-electron chi connectivity index (χ0n) is 13.7. The largest absolute Gasteiger partial charge is 0.495 e. The number of hydrogen-bond donors (Lipinski definition) is 1. The molecule has 4 heteroatoms. The fourth-order valence-electron chi connectivity index (χ4n) is 2.54. The number of hydrogen-bond acceptors (Lipinski definition) is 3. The Morgan fingerprint density at radius 3 is 2.75 bits per heavy atom. The summed E-state index contributed by atoms with van der Waals surface area (Å²) < 4.78 is 11.1. The molecule has 1 aliphatic heterocycles. The lowest BCUT2D eigenvalue weighted by molar-refractivity contribution is -0.111. The molecular formula is C20H19NO3. The molecule has 0 spiro atoms. The van der Waals surface area contributed by atoms with Crippen LogP contribution in [-0.2, 0) is 4.79 Å². The van der Waals surface area contributed by atoms with Crippen LogP contribution in [0.2, 0.25) is 0 Å². The highest BCUT2D eigenvalue weighted by atomic mass is 16.5. The van der Waals surface area contributed by atoms with Gasteiger partial charge in [-0.1, -0.05) is 30.3 Å². The average Bonchev–Trinajstić information content (AvgIpc) is 2.60. The van der Waals surface area contributed by atoms with Crippen molar-refractivity contribution in [1.82, 2.24) is 0 Å². The third kappa shape index (κ3) is 3.49. The molecule has 122 valence electrons. The molecule has 2 aromatic rings. The van der Waals surface area contributed by atoms with Crippen molar-refractivity contribution in [3.8, 4) is 11.5 Å². The van der Waals surface area contributed by atoms with Crippen LogP contribution in [0, 0.1) is 0 Å². The number of carbonyl (C=O) groups excluding carboxylic acids is 1. The molecule has 0 fully saturated rings. The number of carbonyl (C=O) groups is 1. The second kappa shape index (κ2) is 7.04. The maximum Gasteiger partial charge on any atom is 0.248 e. The molecule has 3 rings (SSSR count). The first-order valence-electron chi connectivity index (χ1n) is 7.77. The summed E-state index contributed by atoms with van der Waals surface area (Å²) in [5.41, 5.74) is 2.60. The molecule has 1 atom stereocenters. The molecule has 2 aromatic carbocycles. The van der Waals surface area contributed by atoms with Gasteiger partial charge >= 0.3 is 0 Å². The second-order valence-corrected chi connectivity index (χ2v) is 5.47. The SMILES string of the molecule is COc1ccccc1NC(=O)C=CC1=Cc2ccccc2OC1C. The van der Waals surface area contributed by atoms with Gasteiger partial charge in [0.05, 0.1) is 12.8 Å². The highest BCUT2D eigenvalue weighted by Gasteiger charge is 2.16. The van der Waals surface area contributed by atoms with Gasteiger partial charge in [-0.05, 0) is 42.8 Å². The molecule has 0 bridgehead atoms. The van der Waals surface area contributed by atoms with Crippen molar-refractivity contribution >= 4 is 17.7 Å². The van der Waals surface area contributed by atoms with Gasteiger partial charge < -0.3 is 14.8 Å². The van der Waals surface area contributed by atoms with Crippen LogP contribution in [0.25, 0.3) is 6.08 Å². The van der Waals surface area contributed by atoms with E-state index in [-0.39, 0.29) is 12.0 Å². The predicted octanol–water partition coefficient (Wildman–Crippen LogP) is 4.05. The fraction of sp³-hybridized carbons (Fsp3) is 0.150. The maximum absolute atomic E-state index is 12.2. The summed E-state index contributed by atoms with van der Waals surface area (Å²) in [4.78, 5) is 12.2. The summed E-state index contributed by atoms with van der Waals surface area (Å²) in [6.45, 7) is 1.96. The van der Waals surface area contributed by atoms with Gasteiger partial charge in [-0.3, -0.25) is 4.79 Å². The van der Waals surface area contributed by atoms with Crippen LogP contribution in [0.1, 0.15) is 12.5 Å². The molecule has 1 unspecified atom stereocenters. The lowest BCUT2D eigenvalue weighted by Gasteiger charge is -2.22. The number of ether oxygens (including phenoxy) is 2. The van der Waals surface area contributed by atoms with Crippen LogP contribution >= 0.6 is 0 Å². The highest BCUT2D eigenvalue weighted by molar-refractivity contribution is 6.00. The first-order valence-corrected chi connectivity index (χ1v) is 7.77. The third-order valence-corrected chi connectivity index (χ3v) is 3.81. The van der Waals surface area contributed by atoms with Gasteiger partial charge in [0.25, 0.3) is 0 Å². The Morgan fingerprint density at radius 1 is 1.17 bits per heavy atom. The molecule has 0 aliphatic carbocycles. The third-order valence-electron chi connectivity index (χ3n) is 3.81. The van der Waals surface area contributed by atoms with Gasteiger partial charge in [0.15, 0.2) is 0 Å². The van der Waals surface area contributed by atoms with Crippen LogP contribution in [0.4, 0.5) is 5.69 Å². The highest BCUT2D eigenvalue weighted by Crippen LogP contribution is 2.29. The van der Waals surface area contributed by atoms with E-state index in [1.54, 1.807) is 25.3 Å². The fourth-order valence-corrected chi connectivity index (χ4v) is 2.54. The van der Waals surface area contributed by atoms with E-state index in [1.165, 1.54) is 6.08 Å². The van der Waals surface area contributed by atoms with Crippen molar-refractivity contribution in [3.05, 3.63) is 71.8 Å². The summed E-state index contributed by atoms with van der Waals surface area (Å²) in [5.74, 6) is 1.27. The minimum Gasteiger partial charge on any atom is -0.495 e. The Labute approximate surface area is 141 Å². The number of rotatable bonds is 4. The first-order chi connectivity index (χ1) is 11.7. The van der Waals surface area contributed by atoms with E-state index in [0.717, 1.165) is 16.9 Å². The van der Waals surface area contributed by atoms with E-state index in [1.807, 2.05) is 49.4 Å². The van der Waals surface area contributed by atoms with Crippen LogP contribution in [0.15, 0.2) is 66.3 Å². The Balaban J connectivity index is 1.73. The topological polar surface area (TPSA) is 47.6 Å². The monoisotopic (exact) mass is 321 g/mol. The van der Waals surface area contributed by atoms with Crippen molar-refractivity contribution < 1.29 is 14.3 Å². The number of fused-ring (bicyclic) bond motifs is 1. The molecule has 0 saturated carbocycles. The Morgan fingerprint density at radius 2 is 1.92 bits per heavy atom. The normalized spacial score (nSPS) is 16.1. The number of anilines is 1. The van der Waals surface area contributed by atoms with Crippen molar-refractivity contribution in [2.45, 2.75) is 13.0 Å². The number of nitrogens with one attached hydrogen (secondary N) is 1. The smallest absolute Gasteiger partial charge is 0.248 e. The van der Waals surface area contributed by atoms with E-state index in [4.69, 9.17) is 9.47 Å². The van der Waals surface area contributed by atoms with Gasteiger partial charge in [0, 0.05) is 11.6 Å². The summed E-state index contributed by atoms with van der Waals surface area (Å²) in [7, 11) is 1.57. The van der Waals surface area contributed by atoms with Crippen LogP contribution < -0.4 is 14.8 Å². The number of amides is 1. The van der Waals surface area contributed by atoms with Crippen LogP contribution in [0.3, 0.4) is 0 Å². The zero-order chi connectivity index (χ0) is 16.9. The molecule has 24 heavy (non-hydrogen) atoms. The van der Waals surface area contributed by atoms with Crippen molar-refractivity contribution in [1.29, 1.82) is 0 Å². The minimum atomic E-state index is -0.216. The molecular weight excluding hydrogens is 302 g/mol. The molecule has 1 heterocycles. The van der Waals surface area contributed by atoms with Gasteiger partial charge in [-0.15, -0.1) is 0 Å². The molecule has 1 amide bonds. The Kier molecular flexibility index (Phi) is 4.66. The van der Waals surface area contributed by atoms with E-state index < -0.39 is 0 Å². The van der Waals surface area contributed by atoms with E-state index in [0.29, 0.717) is 11.4 Å². The summed E-state index contributed by atoms with van der Waals surface area (Å²) in [6.07, 6.45) is 5.23. The number of benzene rings is 2. The quantitative estimate of drug-likeness (QED) is 0.864. The van der Waals surface area contributed by atoms with E-state index in [2.05, 4.69) is 5.32 Å². The van der Waals surface area contributed by atoms with Gasteiger partial charge in [0.1, 0.15) is 17.6 Å². The molecule has 0 aromatic heterocycles. The number of para-hydroxylation sites is 3. The number of methoxy groups -OCH3 is 1. The Hall–Kier alpha value is -3.01. The zero-order valence-corrected chi connectivity index (χ0v) is 13.7. The summed E-state index contributed by atoms with van der Waals surface area (Å²) in [6, 6.07) is 15.1. The molecule has 0 saturated heterocycles. The predicted molar refractivity (Wildman–Crippen MR) is 95.3 cm³/mol. The van der Waals surface area contributed by atoms with E-state index in [9.17, 15) is 4.79 Å². The van der Waals surface area contributed by atoms with Crippen LogP contribution in [-0.4, -0.2) is 19.1 Å². The van der Waals surface area contributed by atoms with E-state index >= 15 is 0 Å². The van der Waals surface area contributed by atoms with Gasteiger partial charge in [-0.2, -0.15) is 0 Å². The van der Waals surface area contributed by atoms with Crippen LogP contribution in [0.5, 0.6) is 11.5 Å². The molecule has 1 N–H and O–H groups in total. The molecule has 1 aliphatic rings. The average molecular weight is 321 g/mol. The van der Waals surface area contributed by atoms with Crippen molar-refractivity contribution in [3.63, 3.8) is 0 Å². The first kappa shape index (κ1) is 15.9. The lowest BCUT2D eigenvalue weighted by Crippen LogP contribution is -2.18. The lowest BCUT2D eigenvalue weighted by atomic mass is 10.0. The summed E-state index contributed by atoms with van der Waals surface area (Å²) >= 11 is 0. The second-order valence-electron chi connectivity index (χ2n) is 5.47.